The molecular weight excluding hydrogens is 211 g/mol. The molecule has 0 fully saturated rings. The van der Waals surface area contributed by atoms with Crippen molar-refractivity contribution in [3.63, 3.8) is 0 Å². The molecule has 2 aromatic rings. The van der Waals surface area contributed by atoms with Crippen LogP contribution in [0.4, 0.5) is 4.39 Å². The second-order valence-corrected chi connectivity index (χ2v) is 3.55. The molecule has 2 aromatic carbocycles. The first kappa shape index (κ1) is 10.2. The van der Waals surface area contributed by atoms with Gasteiger partial charge < -0.3 is 0 Å². The second-order valence-electron chi connectivity index (χ2n) is 3.24. The van der Waals surface area contributed by atoms with Gasteiger partial charge in [0.1, 0.15) is 5.82 Å². The molecule has 2 rings (SSSR count). The Balaban J connectivity index is 2.66. The van der Waals surface area contributed by atoms with Crippen LogP contribution in [0.1, 0.15) is 5.56 Å². The first-order valence-corrected chi connectivity index (χ1v) is 5.26. The van der Waals surface area contributed by atoms with E-state index in [-0.39, 0.29) is 5.82 Å². The second kappa shape index (κ2) is 4.45. The number of hydrogen-bond acceptors (Lipinski definition) is 0. The van der Waals surface area contributed by atoms with Gasteiger partial charge in [0.25, 0.3) is 0 Å². The Bertz CT molecular complexity index is 503. The van der Waals surface area contributed by atoms with Crippen molar-refractivity contribution in [2.24, 2.45) is 0 Å². The molecule has 0 unspecified atom stereocenters. The van der Waals surface area contributed by atoms with Crippen LogP contribution < -0.4 is 0 Å². The van der Waals surface area contributed by atoms with Gasteiger partial charge in [-0.25, -0.2) is 4.39 Å². The summed E-state index contributed by atoms with van der Waals surface area (Å²) in [6, 6.07) is 10.7. The molecule has 0 aliphatic heterocycles. The molecule has 0 saturated carbocycles. The van der Waals surface area contributed by atoms with Crippen molar-refractivity contribution in [3.05, 3.63) is 53.9 Å². The number of allylic oxidation sites excluding steroid dienone is 1. The molecule has 0 radical (unpaired) electrons. The Morgan fingerprint density at radius 2 is 1.80 bits per heavy atom. The minimum absolute atomic E-state index is 0.186. The Morgan fingerprint density at radius 3 is 2.53 bits per heavy atom. The van der Waals surface area contributed by atoms with E-state index in [4.69, 9.17) is 11.6 Å². The zero-order valence-electron chi connectivity index (χ0n) is 8.08. The summed E-state index contributed by atoms with van der Waals surface area (Å²) in [5.41, 5.74) is 0.993. The van der Waals surface area contributed by atoms with Crippen molar-refractivity contribution in [1.82, 2.24) is 0 Å². The van der Waals surface area contributed by atoms with Gasteiger partial charge in [-0.1, -0.05) is 42.5 Å². The zero-order chi connectivity index (χ0) is 10.7. The average molecular weight is 221 g/mol. The van der Waals surface area contributed by atoms with Gasteiger partial charge in [-0.2, -0.15) is 0 Å². The minimum Gasteiger partial charge on any atom is -0.206 e. The standard InChI is InChI=1S/C13H10ClF/c14-9-3-4-10-7-8-13(15)12-6-2-1-5-11(10)12/h1-8H,9H2. The maximum Gasteiger partial charge on any atom is 0.131 e. The topological polar surface area (TPSA) is 0 Å². The minimum atomic E-state index is -0.186. The van der Waals surface area contributed by atoms with E-state index in [1.165, 1.54) is 6.07 Å². The van der Waals surface area contributed by atoms with E-state index < -0.39 is 0 Å². The highest BCUT2D eigenvalue weighted by Crippen LogP contribution is 2.22. The summed E-state index contributed by atoms with van der Waals surface area (Å²) in [5, 5.41) is 1.56. The van der Waals surface area contributed by atoms with E-state index in [0.717, 1.165) is 10.9 Å². The normalized spacial score (nSPS) is 11.3. The van der Waals surface area contributed by atoms with E-state index >= 15 is 0 Å². The van der Waals surface area contributed by atoms with Crippen molar-refractivity contribution in [2.75, 3.05) is 5.88 Å². The highest BCUT2D eigenvalue weighted by molar-refractivity contribution is 6.19. The molecule has 0 aliphatic rings. The van der Waals surface area contributed by atoms with Crippen LogP contribution in [0.3, 0.4) is 0 Å². The van der Waals surface area contributed by atoms with Crippen molar-refractivity contribution < 1.29 is 4.39 Å². The molecule has 0 amide bonds. The van der Waals surface area contributed by atoms with E-state index in [0.29, 0.717) is 11.3 Å². The molecule has 0 bridgehead atoms. The fourth-order valence-corrected chi connectivity index (χ4v) is 1.69. The number of hydrogen-bond donors (Lipinski definition) is 0. The maximum absolute atomic E-state index is 13.4. The van der Waals surface area contributed by atoms with Gasteiger partial charge in [-0.05, 0) is 17.0 Å². The van der Waals surface area contributed by atoms with Gasteiger partial charge in [0.05, 0.1) is 0 Å². The third-order valence-corrected chi connectivity index (χ3v) is 2.47. The molecular formula is C13H10ClF. The first-order chi connectivity index (χ1) is 7.33. The van der Waals surface area contributed by atoms with E-state index in [2.05, 4.69) is 0 Å². The Labute approximate surface area is 93.0 Å². The monoisotopic (exact) mass is 220 g/mol. The fraction of sp³-hybridized carbons (Fsp3) is 0.0769. The lowest BCUT2D eigenvalue weighted by atomic mass is 10.0. The summed E-state index contributed by atoms with van der Waals surface area (Å²) in [6.45, 7) is 0. The molecule has 2 heteroatoms. The average Bonchev–Trinajstić information content (AvgIpc) is 2.29. The number of rotatable bonds is 2. The summed E-state index contributed by atoms with van der Waals surface area (Å²) in [7, 11) is 0. The van der Waals surface area contributed by atoms with Crippen LogP contribution >= 0.6 is 11.6 Å². The van der Waals surface area contributed by atoms with Crippen LogP contribution in [0.2, 0.25) is 0 Å². The molecule has 0 spiro atoms. The van der Waals surface area contributed by atoms with Crippen LogP contribution in [0.5, 0.6) is 0 Å². The predicted molar refractivity (Wildman–Crippen MR) is 63.7 cm³/mol. The summed E-state index contributed by atoms with van der Waals surface area (Å²) in [5.74, 6) is 0.278. The summed E-state index contributed by atoms with van der Waals surface area (Å²) < 4.78 is 13.4. The van der Waals surface area contributed by atoms with Crippen LogP contribution in [0.25, 0.3) is 16.8 Å². The van der Waals surface area contributed by atoms with E-state index in [1.807, 2.05) is 30.4 Å². The summed E-state index contributed by atoms with van der Waals surface area (Å²) in [4.78, 5) is 0. The molecule has 76 valence electrons. The number of halogens is 2. The van der Waals surface area contributed by atoms with Gasteiger partial charge in [-0.3, -0.25) is 0 Å². The van der Waals surface area contributed by atoms with Crippen LogP contribution in [0, 0.1) is 5.82 Å². The number of benzene rings is 2. The van der Waals surface area contributed by atoms with Gasteiger partial charge in [0, 0.05) is 11.3 Å². The predicted octanol–water partition coefficient (Wildman–Crippen LogP) is 4.23. The molecule has 0 aliphatic carbocycles. The molecule has 0 heterocycles. The van der Waals surface area contributed by atoms with Gasteiger partial charge >= 0.3 is 0 Å². The highest BCUT2D eigenvalue weighted by Gasteiger charge is 2.02. The van der Waals surface area contributed by atoms with Crippen LogP contribution in [-0.2, 0) is 0 Å². The SMILES string of the molecule is Fc1ccc(C=CCCl)c2ccccc12. The Kier molecular flexibility index (Phi) is 3.02. The lowest BCUT2D eigenvalue weighted by Gasteiger charge is -2.02. The third-order valence-electron chi connectivity index (χ3n) is 2.29. The van der Waals surface area contributed by atoms with Crippen molar-refractivity contribution >= 4 is 28.4 Å². The molecule has 0 saturated heterocycles. The lowest BCUT2D eigenvalue weighted by molar-refractivity contribution is 0.640. The van der Waals surface area contributed by atoms with Crippen LogP contribution in [-0.4, -0.2) is 5.88 Å². The quantitative estimate of drug-likeness (QED) is 0.665. The molecule has 0 atom stereocenters. The van der Waals surface area contributed by atoms with E-state index in [9.17, 15) is 4.39 Å². The fourth-order valence-electron chi connectivity index (χ4n) is 1.60. The zero-order valence-corrected chi connectivity index (χ0v) is 8.84. The van der Waals surface area contributed by atoms with E-state index in [1.54, 1.807) is 12.1 Å². The van der Waals surface area contributed by atoms with Crippen LogP contribution in [0.15, 0.2) is 42.5 Å². The number of alkyl halides is 1. The van der Waals surface area contributed by atoms with Gasteiger partial charge in [0.15, 0.2) is 0 Å². The van der Waals surface area contributed by atoms with Gasteiger partial charge in [-0.15, -0.1) is 11.6 Å². The summed E-state index contributed by atoms with van der Waals surface area (Å²) >= 11 is 5.57. The summed E-state index contributed by atoms with van der Waals surface area (Å²) in [6.07, 6.45) is 3.76. The molecule has 0 nitrogen and oxygen atoms in total. The first-order valence-electron chi connectivity index (χ1n) is 4.72. The Hall–Kier alpha value is -1.34. The van der Waals surface area contributed by atoms with Gasteiger partial charge in [0.2, 0.25) is 0 Å². The lowest BCUT2D eigenvalue weighted by Crippen LogP contribution is -1.82. The van der Waals surface area contributed by atoms with Crippen molar-refractivity contribution in [2.45, 2.75) is 0 Å². The molecule has 15 heavy (non-hydrogen) atoms. The van der Waals surface area contributed by atoms with Crippen molar-refractivity contribution in [1.29, 1.82) is 0 Å². The number of fused-ring (bicyclic) bond motifs is 1. The maximum atomic E-state index is 13.4. The molecule has 0 aromatic heterocycles. The van der Waals surface area contributed by atoms with Crippen molar-refractivity contribution in [3.8, 4) is 0 Å². The largest absolute Gasteiger partial charge is 0.206 e. The third kappa shape index (κ3) is 2.02. The Morgan fingerprint density at radius 1 is 1.07 bits per heavy atom. The highest BCUT2D eigenvalue weighted by atomic mass is 35.5. The molecule has 0 N–H and O–H groups in total. The smallest absolute Gasteiger partial charge is 0.131 e.